The van der Waals surface area contributed by atoms with E-state index in [0.717, 1.165) is 22.3 Å². The first-order valence-electron chi connectivity index (χ1n) is 9.07. The van der Waals surface area contributed by atoms with E-state index in [2.05, 4.69) is 12.6 Å². The summed E-state index contributed by atoms with van der Waals surface area (Å²) in [4.78, 5) is 27.7. The van der Waals surface area contributed by atoms with Crippen molar-refractivity contribution in [2.75, 3.05) is 11.4 Å². The van der Waals surface area contributed by atoms with Crippen LogP contribution < -0.4 is 4.90 Å². The van der Waals surface area contributed by atoms with Crippen LogP contribution in [-0.4, -0.2) is 23.3 Å². The van der Waals surface area contributed by atoms with Gasteiger partial charge in [-0.1, -0.05) is 30.3 Å². The van der Waals surface area contributed by atoms with Gasteiger partial charge in [0.2, 0.25) is 0 Å². The molecule has 140 valence electrons. The topological polar surface area (TPSA) is 57.6 Å². The van der Waals surface area contributed by atoms with Crippen LogP contribution in [0.3, 0.4) is 0 Å². The van der Waals surface area contributed by atoms with Crippen LogP contribution in [0.4, 0.5) is 5.69 Å². The summed E-state index contributed by atoms with van der Waals surface area (Å²) in [7, 11) is 0. The lowest BCUT2D eigenvalue weighted by atomic mass is 9.84. The number of nitrogens with zero attached hydrogens (tertiary/aromatic N) is 1. The molecule has 1 amide bonds. The van der Waals surface area contributed by atoms with E-state index < -0.39 is 11.5 Å². The molecule has 0 radical (unpaired) electrons. The summed E-state index contributed by atoms with van der Waals surface area (Å²) in [6.07, 6.45) is 1.33. The molecule has 1 aliphatic rings. The predicted octanol–water partition coefficient (Wildman–Crippen LogP) is 3.91. The average Bonchev–Trinajstić information content (AvgIpc) is 2.83. The molecule has 0 saturated carbocycles. The van der Waals surface area contributed by atoms with Gasteiger partial charge < -0.3 is 10.0 Å². The van der Waals surface area contributed by atoms with E-state index >= 15 is 0 Å². The second kappa shape index (κ2) is 6.78. The lowest BCUT2D eigenvalue weighted by molar-refractivity contribution is -0.135. The van der Waals surface area contributed by atoms with Crippen molar-refractivity contribution < 1.29 is 14.7 Å². The van der Waals surface area contributed by atoms with Gasteiger partial charge in [0.15, 0.2) is 11.4 Å². The zero-order chi connectivity index (χ0) is 19.9. The molecule has 0 saturated heterocycles. The molecule has 1 N–H and O–H groups in total. The van der Waals surface area contributed by atoms with E-state index in [1.54, 1.807) is 24.3 Å². The smallest absolute Gasteiger partial charge is 0.264 e. The van der Waals surface area contributed by atoms with Crippen LogP contribution in [0.15, 0.2) is 43.0 Å². The van der Waals surface area contributed by atoms with Crippen molar-refractivity contribution in [1.82, 2.24) is 0 Å². The van der Waals surface area contributed by atoms with E-state index in [-0.39, 0.29) is 18.7 Å². The number of aryl methyl sites for hydroxylation is 2. The number of hydrogen-bond acceptors (Lipinski definition) is 3. The number of rotatable bonds is 5. The summed E-state index contributed by atoms with van der Waals surface area (Å²) in [5.74, 6) is -0.695. The van der Waals surface area contributed by atoms with Gasteiger partial charge in [-0.3, -0.25) is 9.59 Å². The maximum atomic E-state index is 13.2. The number of carbonyl (C=O) groups is 2. The highest BCUT2D eigenvalue weighted by Gasteiger charge is 2.50. The van der Waals surface area contributed by atoms with Crippen LogP contribution in [0.25, 0.3) is 0 Å². The molecule has 4 nitrogen and oxygen atoms in total. The van der Waals surface area contributed by atoms with Crippen LogP contribution in [-0.2, 0) is 10.4 Å². The number of ketones is 1. The van der Waals surface area contributed by atoms with Crippen molar-refractivity contribution in [1.29, 1.82) is 0 Å². The number of para-hydroxylation sites is 1. The Hall–Kier alpha value is -2.72. The summed E-state index contributed by atoms with van der Waals surface area (Å²) in [6.45, 7) is 11.7. The van der Waals surface area contributed by atoms with E-state index in [1.807, 2.05) is 33.8 Å². The summed E-state index contributed by atoms with van der Waals surface area (Å²) in [5.41, 5.74) is 3.71. The van der Waals surface area contributed by atoms with Crippen LogP contribution in [0.1, 0.15) is 44.6 Å². The Kier molecular flexibility index (Phi) is 4.79. The van der Waals surface area contributed by atoms with Crippen LogP contribution in [0.2, 0.25) is 0 Å². The first kappa shape index (κ1) is 19.1. The zero-order valence-corrected chi connectivity index (χ0v) is 16.3. The Morgan fingerprint density at radius 2 is 1.74 bits per heavy atom. The standard InChI is InChI=1S/C23H25NO3/c1-6-11-24-19-10-8-7-9-18(19)23(27,22(24)26)13-20(25)21-16(4)14(2)12-15(3)17(21)5/h6-10,12,27H,1,11,13H2,2-5H3/t23-/m0/s1. The van der Waals surface area contributed by atoms with Gasteiger partial charge in [-0.15, -0.1) is 6.58 Å². The lowest BCUT2D eigenvalue weighted by Gasteiger charge is -2.23. The predicted molar refractivity (Wildman–Crippen MR) is 107 cm³/mol. The first-order valence-corrected chi connectivity index (χ1v) is 9.07. The Balaban J connectivity index is 2.07. The molecule has 4 heteroatoms. The third-order valence-corrected chi connectivity index (χ3v) is 5.61. The van der Waals surface area contributed by atoms with E-state index in [1.165, 1.54) is 4.90 Å². The molecule has 0 aromatic heterocycles. The second-order valence-electron chi connectivity index (χ2n) is 7.32. The highest BCUT2D eigenvalue weighted by atomic mass is 16.3. The number of benzene rings is 2. The molecule has 0 unspecified atom stereocenters. The van der Waals surface area contributed by atoms with Gasteiger partial charge in [0.05, 0.1) is 12.1 Å². The molecule has 1 atom stereocenters. The van der Waals surface area contributed by atoms with Gasteiger partial charge in [-0.25, -0.2) is 0 Å². The van der Waals surface area contributed by atoms with Crippen LogP contribution >= 0.6 is 0 Å². The largest absolute Gasteiger partial charge is 0.375 e. The summed E-state index contributed by atoms with van der Waals surface area (Å²) < 4.78 is 0. The summed E-state index contributed by atoms with van der Waals surface area (Å²) >= 11 is 0. The normalized spacial score (nSPS) is 18.6. The van der Waals surface area contributed by atoms with Crippen LogP contribution in [0, 0.1) is 27.7 Å². The number of hydrogen-bond donors (Lipinski definition) is 1. The Bertz CT molecular complexity index is 934. The minimum absolute atomic E-state index is 0.220. The van der Waals surface area contributed by atoms with E-state index in [9.17, 15) is 14.7 Å². The van der Waals surface area contributed by atoms with Crippen LogP contribution in [0.5, 0.6) is 0 Å². The third kappa shape index (κ3) is 2.90. The molecule has 27 heavy (non-hydrogen) atoms. The minimum Gasteiger partial charge on any atom is -0.375 e. The van der Waals surface area contributed by atoms with Gasteiger partial charge in [0, 0.05) is 17.7 Å². The molecule has 0 aliphatic carbocycles. The minimum atomic E-state index is -1.85. The summed E-state index contributed by atoms with van der Waals surface area (Å²) in [5, 5.41) is 11.3. The number of anilines is 1. The van der Waals surface area contributed by atoms with Gasteiger partial charge in [-0.2, -0.15) is 0 Å². The number of Topliss-reactive ketones (excluding diaryl/α,β-unsaturated/α-hetero) is 1. The molecule has 1 aliphatic heterocycles. The molecular formula is C23H25NO3. The fourth-order valence-electron chi connectivity index (χ4n) is 3.94. The monoisotopic (exact) mass is 363 g/mol. The number of aliphatic hydroxyl groups is 1. The molecule has 0 bridgehead atoms. The van der Waals surface area contributed by atoms with Crippen molar-refractivity contribution >= 4 is 17.4 Å². The zero-order valence-electron chi connectivity index (χ0n) is 16.3. The summed E-state index contributed by atoms with van der Waals surface area (Å²) in [6, 6.07) is 9.13. The van der Waals surface area contributed by atoms with Crippen molar-refractivity contribution in [3.8, 4) is 0 Å². The van der Waals surface area contributed by atoms with Crippen molar-refractivity contribution in [3.05, 3.63) is 76.4 Å². The number of fused-ring (bicyclic) bond motifs is 1. The molecule has 2 aromatic rings. The van der Waals surface area contributed by atoms with Gasteiger partial charge in [0.1, 0.15) is 0 Å². The quantitative estimate of drug-likeness (QED) is 0.647. The van der Waals surface area contributed by atoms with Gasteiger partial charge >= 0.3 is 0 Å². The molecule has 3 rings (SSSR count). The lowest BCUT2D eigenvalue weighted by Crippen LogP contribution is -2.42. The second-order valence-corrected chi connectivity index (χ2v) is 7.32. The third-order valence-electron chi connectivity index (χ3n) is 5.61. The van der Waals surface area contributed by atoms with Crippen molar-refractivity contribution in [3.63, 3.8) is 0 Å². The van der Waals surface area contributed by atoms with E-state index in [0.29, 0.717) is 16.8 Å². The maximum Gasteiger partial charge on any atom is 0.264 e. The molecular weight excluding hydrogens is 338 g/mol. The highest BCUT2D eigenvalue weighted by molar-refractivity contribution is 6.11. The van der Waals surface area contributed by atoms with Crippen molar-refractivity contribution in [2.45, 2.75) is 39.7 Å². The highest BCUT2D eigenvalue weighted by Crippen LogP contribution is 2.43. The Labute approximate surface area is 160 Å². The Morgan fingerprint density at radius 3 is 2.33 bits per heavy atom. The van der Waals surface area contributed by atoms with E-state index in [4.69, 9.17) is 0 Å². The molecule has 2 aromatic carbocycles. The fourth-order valence-corrected chi connectivity index (χ4v) is 3.94. The average molecular weight is 363 g/mol. The number of amides is 1. The molecule has 0 spiro atoms. The van der Waals surface area contributed by atoms with Gasteiger partial charge in [0.25, 0.3) is 5.91 Å². The number of carbonyl (C=O) groups excluding carboxylic acids is 2. The molecule has 1 heterocycles. The maximum absolute atomic E-state index is 13.2. The van der Waals surface area contributed by atoms with Crippen molar-refractivity contribution in [2.24, 2.45) is 0 Å². The first-order chi connectivity index (χ1) is 12.7. The fraction of sp³-hybridized carbons (Fsp3) is 0.304. The Morgan fingerprint density at radius 1 is 1.15 bits per heavy atom. The SMILES string of the molecule is C=CCN1C(=O)[C@](O)(CC(=O)c2c(C)c(C)cc(C)c2C)c2ccccc21. The van der Waals surface area contributed by atoms with Gasteiger partial charge in [-0.05, 0) is 56.0 Å². The molecule has 0 fully saturated rings.